The Morgan fingerprint density at radius 2 is 1.74 bits per heavy atom. The van der Waals surface area contributed by atoms with Gasteiger partial charge in [-0.25, -0.2) is 0 Å². The molecule has 0 amide bonds. The lowest BCUT2D eigenvalue weighted by molar-refractivity contribution is 0.147. The minimum Gasteiger partial charge on any atom is -0.502 e. The molecule has 19 heavy (non-hydrogen) atoms. The van der Waals surface area contributed by atoms with Crippen LogP contribution in [0.15, 0.2) is 12.8 Å². The first-order valence-electron chi connectivity index (χ1n) is 8.37. The molecule has 2 atom stereocenters. The van der Waals surface area contributed by atoms with E-state index in [1.807, 2.05) is 0 Å². The van der Waals surface area contributed by atoms with Gasteiger partial charge in [0.1, 0.15) is 0 Å². The molecular weight excluding hydrogens is 234 g/mol. The van der Waals surface area contributed by atoms with E-state index in [1.54, 1.807) is 6.26 Å². The Balaban J connectivity index is 1.73. The van der Waals surface area contributed by atoms with Crippen LogP contribution in [-0.2, 0) is 4.74 Å². The highest BCUT2D eigenvalue weighted by Gasteiger charge is 2.31. The van der Waals surface area contributed by atoms with Crippen LogP contribution in [0.4, 0.5) is 0 Å². The summed E-state index contributed by atoms with van der Waals surface area (Å²) in [5.74, 6) is 1.96. The second kappa shape index (κ2) is 8.63. The van der Waals surface area contributed by atoms with Gasteiger partial charge in [0.15, 0.2) is 0 Å². The van der Waals surface area contributed by atoms with E-state index in [0.717, 1.165) is 37.5 Å². The summed E-state index contributed by atoms with van der Waals surface area (Å²) < 4.78 is 5.19. The van der Waals surface area contributed by atoms with E-state index in [4.69, 9.17) is 4.74 Å². The lowest BCUT2D eigenvalue weighted by atomic mass is 9.71. The fraction of sp³-hybridized carbons (Fsp3) is 0.882. The van der Waals surface area contributed by atoms with Gasteiger partial charge in [0.05, 0.1) is 12.9 Å². The summed E-state index contributed by atoms with van der Waals surface area (Å²) in [6, 6.07) is 0.778. The Kier molecular flexibility index (Phi) is 6.77. The molecule has 2 rings (SSSR count). The number of ether oxygens (including phenoxy) is 1. The Bertz CT molecular complexity index is 248. The lowest BCUT2D eigenvalue weighted by Gasteiger charge is -2.39. The molecule has 0 aromatic rings. The molecular formula is C17H31NO. The molecule has 0 aliphatic heterocycles. The lowest BCUT2D eigenvalue weighted by Crippen LogP contribution is -2.43. The zero-order valence-corrected chi connectivity index (χ0v) is 12.4. The van der Waals surface area contributed by atoms with Crippen molar-refractivity contribution in [3.8, 4) is 0 Å². The van der Waals surface area contributed by atoms with Crippen LogP contribution in [0.1, 0.15) is 64.2 Å². The van der Waals surface area contributed by atoms with Crippen molar-refractivity contribution in [3.05, 3.63) is 12.8 Å². The topological polar surface area (TPSA) is 21.3 Å². The van der Waals surface area contributed by atoms with Crippen LogP contribution < -0.4 is 5.32 Å². The quantitative estimate of drug-likeness (QED) is 0.548. The SMILES string of the molecule is C=COCCCNC1CCCCC1C1CCCCC1. The molecule has 0 aromatic carbocycles. The number of hydrogen-bond donors (Lipinski definition) is 1. The number of hydrogen-bond acceptors (Lipinski definition) is 2. The standard InChI is InChI=1S/C17H31NO/c1-2-19-14-8-13-18-17-12-7-6-11-16(17)15-9-4-3-5-10-15/h2,15-18H,1,3-14H2. The Hall–Kier alpha value is -0.500. The molecule has 0 heterocycles. The predicted molar refractivity (Wildman–Crippen MR) is 81.1 cm³/mol. The van der Waals surface area contributed by atoms with Crippen molar-refractivity contribution in [1.82, 2.24) is 5.32 Å². The highest BCUT2D eigenvalue weighted by atomic mass is 16.5. The van der Waals surface area contributed by atoms with Crippen molar-refractivity contribution in [2.75, 3.05) is 13.2 Å². The van der Waals surface area contributed by atoms with Gasteiger partial charge >= 0.3 is 0 Å². The van der Waals surface area contributed by atoms with Gasteiger partial charge in [0.25, 0.3) is 0 Å². The van der Waals surface area contributed by atoms with E-state index >= 15 is 0 Å². The van der Waals surface area contributed by atoms with Crippen LogP contribution in [0.25, 0.3) is 0 Å². The fourth-order valence-corrected chi connectivity index (χ4v) is 4.07. The van der Waals surface area contributed by atoms with E-state index in [1.165, 1.54) is 57.8 Å². The van der Waals surface area contributed by atoms with E-state index in [9.17, 15) is 0 Å². The van der Waals surface area contributed by atoms with Gasteiger partial charge in [-0.1, -0.05) is 51.5 Å². The Labute approximate surface area is 119 Å². The molecule has 1 N–H and O–H groups in total. The van der Waals surface area contributed by atoms with Crippen molar-refractivity contribution in [2.45, 2.75) is 70.3 Å². The first kappa shape index (κ1) is 14.9. The van der Waals surface area contributed by atoms with Crippen molar-refractivity contribution in [2.24, 2.45) is 11.8 Å². The molecule has 0 saturated heterocycles. The third kappa shape index (κ3) is 4.83. The molecule has 0 radical (unpaired) electrons. The van der Waals surface area contributed by atoms with Crippen molar-refractivity contribution in [3.63, 3.8) is 0 Å². The van der Waals surface area contributed by atoms with Crippen LogP contribution in [0.3, 0.4) is 0 Å². The molecule has 110 valence electrons. The van der Waals surface area contributed by atoms with Crippen LogP contribution in [0.5, 0.6) is 0 Å². The summed E-state index contributed by atoms with van der Waals surface area (Å²) in [6.45, 7) is 5.48. The van der Waals surface area contributed by atoms with Crippen LogP contribution in [0, 0.1) is 11.8 Å². The molecule has 2 heteroatoms. The maximum absolute atomic E-state index is 5.19. The van der Waals surface area contributed by atoms with Crippen molar-refractivity contribution < 1.29 is 4.74 Å². The maximum Gasteiger partial charge on any atom is 0.0885 e. The third-order valence-corrected chi connectivity index (χ3v) is 5.04. The zero-order valence-electron chi connectivity index (χ0n) is 12.4. The van der Waals surface area contributed by atoms with Crippen LogP contribution >= 0.6 is 0 Å². The predicted octanol–water partition coefficient (Wildman–Crippen LogP) is 4.27. The second-order valence-corrected chi connectivity index (χ2v) is 6.30. The molecule has 2 aliphatic rings. The summed E-state index contributed by atoms with van der Waals surface area (Å²) in [7, 11) is 0. The van der Waals surface area contributed by atoms with Gasteiger partial charge in [-0.05, 0) is 37.6 Å². The second-order valence-electron chi connectivity index (χ2n) is 6.30. The first-order chi connectivity index (χ1) is 9.42. The Morgan fingerprint density at radius 3 is 2.53 bits per heavy atom. The molecule has 0 bridgehead atoms. The molecule has 2 nitrogen and oxygen atoms in total. The normalized spacial score (nSPS) is 29.1. The van der Waals surface area contributed by atoms with E-state index in [2.05, 4.69) is 11.9 Å². The summed E-state index contributed by atoms with van der Waals surface area (Å²) >= 11 is 0. The minimum atomic E-state index is 0.778. The van der Waals surface area contributed by atoms with Crippen LogP contribution in [-0.4, -0.2) is 19.2 Å². The highest BCUT2D eigenvalue weighted by Crippen LogP contribution is 2.38. The molecule has 2 aliphatic carbocycles. The third-order valence-electron chi connectivity index (χ3n) is 5.04. The van der Waals surface area contributed by atoms with Crippen molar-refractivity contribution >= 4 is 0 Å². The zero-order chi connectivity index (χ0) is 13.3. The van der Waals surface area contributed by atoms with E-state index in [0.29, 0.717) is 0 Å². The maximum atomic E-state index is 5.19. The monoisotopic (exact) mass is 265 g/mol. The minimum absolute atomic E-state index is 0.778. The Morgan fingerprint density at radius 1 is 1.00 bits per heavy atom. The molecule has 0 aromatic heterocycles. The van der Waals surface area contributed by atoms with Gasteiger partial charge in [-0.2, -0.15) is 0 Å². The number of rotatable bonds is 7. The summed E-state index contributed by atoms with van der Waals surface area (Å²) in [4.78, 5) is 0. The number of nitrogens with one attached hydrogen (secondary N) is 1. The highest BCUT2D eigenvalue weighted by molar-refractivity contribution is 4.86. The summed E-state index contributed by atoms with van der Waals surface area (Å²) in [5.41, 5.74) is 0. The van der Waals surface area contributed by atoms with Gasteiger partial charge in [-0.3, -0.25) is 0 Å². The average Bonchev–Trinajstić information content (AvgIpc) is 2.48. The average molecular weight is 265 g/mol. The first-order valence-corrected chi connectivity index (χ1v) is 8.37. The van der Waals surface area contributed by atoms with Gasteiger partial charge in [-0.15, -0.1) is 0 Å². The summed E-state index contributed by atoms with van der Waals surface area (Å²) in [5, 5.41) is 3.81. The van der Waals surface area contributed by atoms with Gasteiger partial charge < -0.3 is 10.1 Å². The molecule has 2 saturated carbocycles. The molecule has 2 fully saturated rings. The summed E-state index contributed by atoms with van der Waals surface area (Å²) in [6.07, 6.45) is 15.8. The molecule has 2 unspecified atom stereocenters. The van der Waals surface area contributed by atoms with E-state index < -0.39 is 0 Å². The largest absolute Gasteiger partial charge is 0.502 e. The van der Waals surface area contributed by atoms with Gasteiger partial charge in [0.2, 0.25) is 0 Å². The van der Waals surface area contributed by atoms with Crippen LogP contribution in [0.2, 0.25) is 0 Å². The fourth-order valence-electron chi connectivity index (χ4n) is 4.07. The molecule has 0 spiro atoms. The van der Waals surface area contributed by atoms with Crippen molar-refractivity contribution in [1.29, 1.82) is 0 Å². The smallest absolute Gasteiger partial charge is 0.0885 e. The van der Waals surface area contributed by atoms with Gasteiger partial charge in [0, 0.05) is 6.04 Å². The van der Waals surface area contributed by atoms with E-state index in [-0.39, 0.29) is 0 Å².